The molecular weight excluding hydrogens is 300 g/mol. The van der Waals surface area contributed by atoms with Crippen LogP contribution in [0.2, 0.25) is 0 Å². The number of amides is 1. The smallest absolute Gasteiger partial charge is 0.239 e. The van der Waals surface area contributed by atoms with Crippen molar-refractivity contribution in [3.63, 3.8) is 0 Å². The third-order valence-corrected chi connectivity index (χ3v) is 4.91. The van der Waals surface area contributed by atoms with Gasteiger partial charge in [-0.3, -0.25) is 9.69 Å². The van der Waals surface area contributed by atoms with Crippen molar-refractivity contribution in [2.75, 3.05) is 13.1 Å². The van der Waals surface area contributed by atoms with Crippen LogP contribution in [0.5, 0.6) is 0 Å². The first kappa shape index (κ1) is 16.7. The van der Waals surface area contributed by atoms with Crippen LogP contribution in [0, 0.1) is 5.92 Å². The topological polar surface area (TPSA) is 66.6 Å². The van der Waals surface area contributed by atoms with Crippen LogP contribution in [-0.2, 0) is 4.79 Å². The Bertz CT molecular complexity index is 652. The third kappa shape index (κ3) is 3.66. The van der Waals surface area contributed by atoms with E-state index in [-0.39, 0.29) is 17.9 Å². The molecule has 0 radical (unpaired) electrons. The highest BCUT2D eigenvalue weighted by molar-refractivity contribution is 5.81. The van der Waals surface area contributed by atoms with Gasteiger partial charge in [0.25, 0.3) is 0 Å². The van der Waals surface area contributed by atoms with Crippen LogP contribution in [0.15, 0.2) is 60.7 Å². The van der Waals surface area contributed by atoms with E-state index in [2.05, 4.69) is 4.90 Å². The number of rotatable bonds is 5. The summed E-state index contributed by atoms with van der Waals surface area (Å²) in [7, 11) is 0. The third-order valence-electron chi connectivity index (χ3n) is 4.91. The maximum Gasteiger partial charge on any atom is 0.239 e. The highest BCUT2D eigenvalue weighted by Crippen LogP contribution is 2.33. The Morgan fingerprint density at radius 3 is 1.96 bits per heavy atom. The van der Waals surface area contributed by atoms with Gasteiger partial charge in [-0.25, -0.2) is 0 Å². The summed E-state index contributed by atoms with van der Waals surface area (Å²) in [6.45, 7) is 1.52. The Hall–Kier alpha value is -2.17. The highest BCUT2D eigenvalue weighted by atomic mass is 16.3. The quantitative estimate of drug-likeness (QED) is 0.888. The summed E-state index contributed by atoms with van der Waals surface area (Å²) >= 11 is 0. The number of nitrogens with zero attached hydrogens (tertiary/aromatic N) is 1. The van der Waals surface area contributed by atoms with Crippen LogP contribution in [0.1, 0.15) is 36.1 Å². The molecule has 0 bridgehead atoms. The number of hydrogen-bond donors (Lipinski definition) is 2. The molecule has 4 nitrogen and oxygen atoms in total. The van der Waals surface area contributed by atoms with Gasteiger partial charge in [0.15, 0.2) is 0 Å². The average molecular weight is 324 g/mol. The van der Waals surface area contributed by atoms with E-state index in [0.29, 0.717) is 0 Å². The van der Waals surface area contributed by atoms with Crippen LogP contribution in [0.3, 0.4) is 0 Å². The molecule has 126 valence electrons. The van der Waals surface area contributed by atoms with Gasteiger partial charge in [0.05, 0.1) is 6.10 Å². The molecule has 0 unspecified atom stereocenters. The Morgan fingerprint density at radius 1 is 0.958 bits per heavy atom. The first-order chi connectivity index (χ1) is 11.7. The molecule has 0 spiro atoms. The molecule has 1 aliphatic heterocycles. The van der Waals surface area contributed by atoms with Gasteiger partial charge in [-0.05, 0) is 43.0 Å². The van der Waals surface area contributed by atoms with Gasteiger partial charge in [0, 0.05) is 0 Å². The fourth-order valence-corrected chi connectivity index (χ4v) is 3.61. The largest absolute Gasteiger partial charge is 0.388 e. The van der Waals surface area contributed by atoms with Crippen molar-refractivity contribution in [3.8, 4) is 0 Å². The second-order valence-corrected chi connectivity index (χ2v) is 6.44. The van der Waals surface area contributed by atoms with Gasteiger partial charge in [-0.2, -0.15) is 0 Å². The first-order valence-electron chi connectivity index (χ1n) is 8.48. The summed E-state index contributed by atoms with van der Waals surface area (Å²) in [6, 6.07) is 19.1. The Morgan fingerprint density at radius 2 is 1.46 bits per heavy atom. The molecule has 3 rings (SSSR count). The average Bonchev–Trinajstić information content (AvgIpc) is 2.63. The van der Waals surface area contributed by atoms with Crippen molar-refractivity contribution < 1.29 is 9.90 Å². The molecule has 0 saturated carbocycles. The van der Waals surface area contributed by atoms with E-state index in [1.54, 1.807) is 0 Å². The lowest BCUT2D eigenvalue weighted by Gasteiger charge is -2.38. The van der Waals surface area contributed by atoms with Gasteiger partial charge >= 0.3 is 0 Å². The minimum atomic E-state index is -0.447. The molecule has 0 aromatic heterocycles. The standard InChI is InChI=1S/C20H24N2O2/c21-20(24)18(15-7-3-1-4-8-15)22-13-11-17(12-14-22)19(23)16-9-5-2-6-10-16/h1-10,17-19,23H,11-14H2,(H2,21,24)/t18-,19-/m0/s1. The first-order valence-corrected chi connectivity index (χ1v) is 8.48. The van der Waals surface area contributed by atoms with Crippen LogP contribution >= 0.6 is 0 Å². The number of primary amides is 1. The number of carbonyl (C=O) groups is 1. The molecule has 1 aliphatic rings. The summed E-state index contributed by atoms with van der Waals surface area (Å²) in [4.78, 5) is 14.1. The van der Waals surface area contributed by atoms with E-state index in [1.165, 1.54) is 0 Å². The zero-order valence-corrected chi connectivity index (χ0v) is 13.7. The number of aliphatic hydroxyl groups excluding tert-OH is 1. The van der Waals surface area contributed by atoms with Gasteiger partial charge in [-0.1, -0.05) is 60.7 Å². The van der Waals surface area contributed by atoms with Gasteiger partial charge in [-0.15, -0.1) is 0 Å². The number of likely N-dealkylation sites (tertiary alicyclic amines) is 1. The van der Waals surface area contributed by atoms with E-state index < -0.39 is 6.10 Å². The van der Waals surface area contributed by atoms with Gasteiger partial charge in [0.1, 0.15) is 6.04 Å². The lowest BCUT2D eigenvalue weighted by Crippen LogP contribution is -2.43. The normalized spacial score (nSPS) is 18.9. The zero-order chi connectivity index (χ0) is 16.9. The molecule has 2 aromatic rings. The molecule has 1 amide bonds. The lowest BCUT2D eigenvalue weighted by atomic mass is 9.86. The second-order valence-electron chi connectivity index (χ2n) is 6.44. The fraction of sp³-hybridized carbons (Fsp3) is 0.350. The van der Waals surface area contributed by atoms with Crippen LogP contribution in [0.25, 0.3) is 0 Å². The molecule has 1 saturated heterocycles. The molecular formula is C20H24N2O2. The molecule has 1 fully saturated rings. The second kappa shape index (κ2) is 7.60. The maximum absolute atomic E-state index is 12.0. The van der Waals surface area contributed by atoms with E-state index in [4.69, 9.17) is 5.73 Å². The Kier molecular flexibility index (Phi) is 5.28. The van der Waals surface area contributed by atoms with Crippen LogP contribution < -0.4 is 5.73 Å². The SMILES string of the molecule is NC(=O)[C@H](c1ccccc1)N1CCC([C@@H](O)c2ccccc2)CC1. The van der Waals surface area contributed by atoms with Crippen LogP contribution in [-0.4, -0.2) is 29.0 Å². The van der Waals surface area contributed by atoms with Gasteiger partial charge in [0.2, 0.25) is 5.91 Å². The maximum atomic E-state index is 12.0. The molecule has 24 heavy (non-hydrogen) atoms. The number of carbonyl (C=O) groups excluding carboxylic acids is 1. The Labute approximate surface area is 142 Å². The highest BCUT2D eigenvalue weighted by Gasteiger charge is 2.32. The monoisotopic (exact) mass is 324 g/mol. The Balaban J connectivity index is 1.66. The van der Waals surface area contributed by atoms with Crippen LogP contribution in [0.4, 0.5) is 0 Å². The number of aliphatic hydroxyl groups is 1. The predicted octanol–water partition coefficient (Wildman–Crippen LogP) is 2.66. The predicted molar refractivity (Wildman–Crippen MR) is 94.1 cm³/mol. The van der Waals surface area contributed by atoms with E-state index in [0.717, 1.165) is 37.1 Å². The number of benzene rings is 2. The minimum absolute atomic E-state index is 0.216. The molecule has 4 heteroatoms. The summed E-state index contributed by atoms with van der Waals surface area (Å²) in [5.41, 5.74) is 7.56. The van der Waals surface area contributed by atoms with E-state index in [1.807, 2.05) is 60.7 Å². The summed E-state index contributed by atoms with van der Waals surface area (Å²) < 4.78 is 0. The number of hydrogen-bond acceptors (Lipinski definition) is 3. The molecule has 3 N–H and O–H groups in total. The van der Waals surface area contributed by atoms with Gasteiger partial charge < -0.3 is 10.8 Å². The number of piperidine rings is 1. The molecule has 1 heterocycles. The van der Waals surface area contributed by atoms with Crippen molar-refractivity contribution in [1.29, 1.82) is 0 Å². The van der Waals surface area contributed by atoms with Crippen molar-refractivity contribution >= 4 is 5.91 Å². The summed E-state index contributed by atoms with van der Waals surface area (Å²) in [5.74, 6) is -0.101. The molecule has 0 aliphatic carbocycles. The molecule has 2 atom stereocenters. The lowest BCUT2D eigenvalue weighted by molar-refractivity contribution is -0.124. The van der Waals surface area contributed by atoms with Crippen molar-refractivity contribution in [3.05, 3.63) is 71.8 Å². The van der Waals surface area contributed by atoms with Crippen molar-refractivity contribution in [1.82, 2.24) is 4.90 Å². The van der Waals surface area contributed by atoms with Crippen molar-refractivity contribution in [2.45, 2.75) is 25.0 Å². The summed E-state index contributed by atoms with van der Waals surface area (Å²) in [6.07, 6.45) is 1.26. The van der Waals surface area contributed by atoms with E-state index in [9.17, 15) is 9.90 Å². The fourth-order valence-electron chi connectivity index (χ4n) is 3.61. The number of nitrogens with two attached hydrogens (primary N) is 1. The van der Waals surface area contributed by atoms with Crippen molar-refractivity contribution in [2.24, 2.45) is 11.7 Å². The summed E-state index contributed by atoms with van der Waals surface area (Å²) in [5, 5.41) is 10.6. The minimum Gasteiger partial charge on any atom is -0.388 e. The van der Waals surface area contributed by atoms with E-state index >= 15 is 0 Å². The molecule has 2 aromatic carbocycles. The zero-order valence-electron chi connectivity index (χ0n) is 13.7.